The van der Waals surface area contributed by atoms with E-state index in [1.165, 1.54) is 0 Å². The van der Waals surface area contributed by atoms with Gasteiger partial charge in [0.2, 0.25) is 5.91 Å². The standard InChI is InChI=1S/C24H28N4O4/c1-14-12-28(21-19(29)13-32-22(14)21)24(31)20(15-5-2-3-6-15)27-23(30)17-8-4-7-16(9-17)18-10-25-26-11-18/h4,7-11,14-15,20-22H,2-3,5-6,12-13H2,1H3,(H,25,26)(H,27,30)/t14-,20-,21+,22+/m0/s1. The molecule has 2 aliphatic heterocycles. The lowest BCUT2D eigenvalue weighted by atomic mass is 9.95. The number of nitrogens with zero attached hydrogens (tertiary/aromatic N) is 2. The van der Waals surface area contributed by atoms with Gasteiger partial charge in [0, 0.05) is 29.8 Å². The van der Waals surface area contributed by atoms with Crippen LogP contribution in [0.15, 0.2) is 36.7 Å². The van der Waals surface area contributed by atoms with Gasteiger partial charge in [0.15, 0.2) is 5.78 Å². The van der Waals surface area contributed by atoms with Gasteiger partial charge in [0.25, 0.3) is 5.91 Å². The molecule has 0 bridgehead atoms. The van der Waals surface area contributed by atoms with Crippen molar-refractivity contribution >= 4 is 17.6 Å². The highest BCUT2D eigenvalue weighted by atomic mass is 16.5. The molecule has 5 rings (SSSR count). The molecule has 2 N–H and O–H groups in total. The number of rotatable bonds is 5. The molecular weight excluding hydrogens is 408 g/mol. The van der Waals surface area contributed by atoms with Crippen molar-refractivity contribution in [2.45, 2.75) is 50.8 Å². The molecule has 8 heteroatoms. The fraction of sp³-hybridized carbons (Fsp3) is 0.500. The van der Waals surface area contributed by atoms with E-state index >= 15 is 0 Å². The average molecular weight is 437 g/mol. The number of aromatic nitrogens is 2. The van der Waals surface area contributed by atoms with Gasteiger partial charge in [0.05, 0.1) is 12.3 Å². The predicted molar refractivity (Wildman–Crippen MR) is 117 cm³/mol. The fourth-order valence-electron chi connectivity index (χ4n) is 5.44. The first-order chi connectivity index (χ1) is 15.5. The van der Waals surface area contributed by atoms with Gasteiger partial charge in [-0.15, -0.1) is 0 Å². The van der Waals surface area contributed by atoms with E-state index in [0.717, 1.165) is 36.8 Å². The van der Waals surface area contributed by atoms with E-state index in [0.29, 0.717) is 12.1 Å². The first-order valence-electron chi connectivity index (χ1n) is 11.4. The number of aromatic amines is 1. The molecule has 8 nitrogen and oxygen atoms in total. The van der Waals surface area contributed by atoms with Crippen LogP contribution >= 0.6 is 0 Å². The Morgan fingerprint density at radius 1 is 1.25 bits per heavy atom. The summed E-state index contributed by atoms with van der Waals surface area (Å²) in [7, 11) is 0. The third-order valence-corrected chi connectivity index (χ3v) is 7.10. The van der Waals surface area contributed by atoms with Gasteiger partial charge in [-0.05, 0) is 36.5 Å². The Morgan fingerprint density at radius 3 is 2.81 bits per heavy atom. The number of hydrogen-bond acceptors (Lipinski definition) is 5. The number of amides is 2. The lowest BCUT2D eigenvalue weighted by Crippen LogP contribution is -2.54. The smallest absolute Gasteiger partial charge is 0.251 e. The molecule has 1 saturated carbocycles. The number of benzene rings is 1. The topological polar surface area (TPSA) is 104 Å². The second-order valence-corrected chi connectivity index (χ2v) is 9.22. The van der Waals surface area contributed by atoms with E-state index in [2.05, 4.69) is 15.5 Å². The zero-order valence-corrected chi connectivity index (χ0v) is 18.1. The zero-order valence-electron chi connectivity index (χ0n) is 18.1. The van der Waals surface area contributed by atoms with E-state index in [-0.39, 0.29) is 42.1 Å². The quantitative estimate of drug-likeness (QED) is 0.748. The monoisotopic (exact) mass is 436 g/mol. The largest absolute Gasteiger partial charge is 0.367 e. The third-order valence-electron chi connectivity index (χ3n) is 7.10. The lowest BCUT2D eigenvalue weighted by molar-refractivity contribution is -0.139. The molecule has 4 atom stereocenters. The Bertz CT molecular complexity index is 1010. The molecular formula is C24H28N4O4. The molecule has 3 aliphatic rings. The number of carbonyl (C=O) groups is 3. The third kappa shape index (κ3) is 3.72. The summed E-state index contributed by atoms with van der Waals surface area (Å²) in [5.74, 6) is -0.304. The second kappa shape index (κ2) is 8.50. The molecule has 2 saturated heterocycles. The maximum absolute atomic E-state index is 13.7. The van der Waals surface area contributed by atoms with Crippen LogP contribution in [0.25, 0.3) is 11.1 Å². The van der Waals surface area contributed by atoms with Crippen LogP contribution in [-0.4, -0.2) is 64.0 Å². The number of ether oxygens (including phenoxy) is 1. The summed E-state index contributed by atoms with van der Waals surface area (Å²) >= 11 is 0. The summed E-state index contributed by atoms with van der Waals surface area (Å²) in [6, 6.07) is 6.13. The molecule has 0 spiro atoms. The van der Waals surface area contributed by atoms with Crippen molar-refractivity contribution in [2.24, 2.45) is 11.8 Å². The highest BCUT2D eigenvalue weighted by Crippen LogP contribution is 2.35. The fourth-order valence-corrected chi connectivity index (χ4v) is 5.44. The van der Waals surface area contributed by atoms with Gasteiger partial charge < -0.3 is 15.0 Å². The van der Waals surface area contributed by atoms with Crippen LogP contribution in [-0.2, 0) is 14.3 Å². The van der Waals surface area contributed by atoms with Crippen LogP contribution in [0.1, 0.15) is 43.0 Å². The summed E-state index contributed by atoms with van der Waals surface area (Å²) < 4.78 is 5.65. The molecule has 1 aromatic carbocycles. The minimum atomic E-state index is -0.637. The molecule has 0 radical (unpaired) electrons. The first-order valence-corrected chi connectivity index (χ1v) is 11.4. The van der Waals surface area contributed by atoms with Crippen molar-refractivity contribution in [3.05, 3.63) is 42.2 Å². The zero-order chi connectivity index (χ0) is 22.2. The number of H-pyrrole nitrogens is 1. The number of Topliss-reactive ketones (excluding diaryl/α,β-unsaturated/α-hetero) is 1. The summed E-state index contributed by atoms with van der Waals surface area (Å²) in [6.45, 7) is 2.55. The lowest BCUT2D eigenvalue weighted by Gasteiger charge is -2.30. The predicted octanol–water partition coefficient (Wildman–Crippen LogP) is 2.18. The molecule has 3 heterocycles. The highest BCUT2D eigenvalue weighted by Gasteiger charge is 2.52. The number of hydrogen-bond donors (Lipinski definition) is 2. The van der Waals surface area contributed by atoms with Gasteiger partial charge in [-0.3, -0.25) is 19.5 Å². The maximum atomic E-state index is 13.7. The summed E-state index contributed by atoms with van der Waals surface area (Å²) in [5.41, 5.74) is 2.26. The van der Waals surface area contributed by atoms with E-state index in [4.69, 9.17) is 4.74 Å². The van der Waals surface area contributed by atoms with Gasteiger partial charge in [0.1, 0.15) is 18.7 Å². The van der Waals surface area contributed by atoms with Crippen LogP contribution < -0.4 is 5.32 Å². The summed E-state index contributed by atoms with van der Waals surface area (Å²) in [5, 5.41) is 9.77. The molecule has 1 aliphatic carbocycles. The van der Waals surface area contributed by atoms with Crippen LogP contribution in [0, 0.1) is 11.8 Å². The second-order valence-electron chi connectivity index (χ2n) is 9.22. The Morgan fingerprint density at radius 2 is 2.06 bits per heavy atom. The van der Waals surface area contributed by atoms with E-state index in [1.54, 1.807) is 29.4 Å². The summed E-state index contributed by atoms with van der Waals surface area (Å²) in [6.07, 6.45) is 7.12. The Balaban J connectivity index is 1.38. The van der Waals surface area contributed by atoms with Crippen LogP contribution in [0.4, 0.5) is 0 Å². The van der Waals surface area contributed by atoms with Gasteiger partial charge in [-0.25, -0.2) is 0 Å². The van der Waals surface area contributed by atoms with Crippen LogP contribution in [0.5, 0.6) is 0 Å². The molecule has 0 unspecified atom stereocenters. The van der Waals surface area contributed by atoms with Gasteiger partial charge in [-0.1, -0.05) is 31.9 Å². The normalized spacial score (nSPS) is 26.3. The van der Waals surface area contributed by atoms with Crippen molar-refractivity contribution in [3.8, 4) is 11.1 Å². The van der Waals surface area contributed by atoms with Gasteiger partial charge >= 0.3 is 0 Å². The number of nitrogens with one attached hydrogen (secondary N) is 2. The van der Waals surface area contributed by atoms with E-state index < -0.39 is 12.1 Å². The van der Waals surface area contributed by atoms with Crippen molar-refractivity contribution in [3.63, 3.8) is 0 Å². The van der Waals surface area contributed by atoms with Crippen molar-refractivity contribution in [1.82, 2.24) is 20.4 Å². The first kappa shape index (κ1) is 20.9. The Labute approximate surface area is 186 Å². The SMILES string of the molecule is C[C@H]1CN(C(=O)[C@@H](NC(=O)c2cccc(-c3cn[nH]c3)c2)C2CCCC2)[C@@H]2C(=O)CO[C@@H]21. The molecule has 32 heavy (non-hydrogen) atoms. The molecule has 168 valence electrons. The number of likely N-dealkylation sites (tertiary alicyclic amines) is 1. The minimum absolute atomic E-state index is 0.0444. The maximum Gasteiger partial charge on any atom is 0.251 e. The Hall–Kier alpha value is -3.00. The number of ketones is 1. The molecule has 3 fully saturated rings. The van der Waals surface area contributed by atoms with Gasteiger partial charge in [-0.2, -0.15) is 5.10 Å². The minimum Gasteiger partial charge on any atom is -0.367 e. The number of carbonyl (C=O) groups excluding carboxylic acids is 3. The summed E-state index contributed by atoms with van der Waals surface area (Å²) in [4.78, 5) is 41.0. The van der Waals surface area contributed by atoms with Crippen LogP contribution in [0.2, 0.25) is 0 Å². The molecule has 1 aromatic heterocycles. The van der Waals surface area contributed by atoms with E-state index in [1.807, 2.05) is 19.1 Å². The van der Waals surface area contributed by atoms with Crippen molar-refractivity contribution in [1.29, 1.82) is 0 Å². The molecule has 2 amide bonds. The van der Waals surface area contributed by atoms with E-state index in [9.17, 15) is 14.4 Å². The highest BCUT2D eigenvalue weighted by molar-refractivity contribution is 6.00. The van der Waals surface area contributed by atoms with Crippen molar-refractivity contribution in [2.75, 3.05) is 13.2 Å². The van der Waals surface area contributed by atoms with Crippen LogP contribution in [0.3, 0.4) is 0 Å². The average Bonchev–Trinajstić information content (AvgIpc) is 3.59. The molecule has 2 aromatic rings. The van der Waals surface area contributed by atoms with Crippen molar-refractivity contribution < 1.29 is 19.1 Å². The number of fused-ring (bicyclic) bond motifs is 1. The Kier molecular flexibility index (Phi) is 5.55.